The Labute approximate surface area is 75.9 Å². The number of methoxy groups -OCH3 is 1. The highest BCUT2D eigenvalue weighted by Crippen LogP contribution is 2.14. The molecule has 0 rings (SSSR count). The Kier molecular flexibility index (Phi) is 7.51. The zero-order valence-electron chi connectivity index (χ0n) is 8.55. The van der Waals surface area contributed by atoms with E-state index in [1.807, 2.05) is 0 Å². The largest absolute Gasteiger partial charge is 0.396 e. The van der Waals surface area contributed by atoms with Crippen LogP contribution in [0.25, 0.3) is 0 Å². The minimum Gasteiger partial charge on any atom is -0.396 e. The molecule has 0 aromatic rings. The fourth-order valence-electron chi connectivity index (χ4n) is 1.20. The van der Waals surface area contributed by atoms with Gasteiger partial charge in [0.25, 0.3) is 0 Å². The van der Waals surface area contributed by atoms with Crippen molar-refractivity contribution < 1.29 is 9.84 Å². The van der Waals surface area contributed by atoms with Gasteiger partial charge in [0, 0.05) is 13.7 Å². The van der Waals surface area contributed by atoms with Crippen molar-refractivity contribution >= 4 is 0 Å². The van der Waals surface area contributed by atoms with Gasteiger partial charge in [-0.15, -0.1) is 0 Å². The highest BCUT2D eigenvalue weighted by atomic mass is 16.5. The second kappa shape index (κ2) is 7.56. The summed E-state index contributed by atoms with van der Waals surface area (Å²) in [5.74, 6) is 0.779. The van der Waals surface area contributed by atoms with Crippen molar-refractivity contribution in [3.63, 3.8) is 0 Å². The van der Waals surface area contributed by atoms with Crippen LogP contribution in [0.1, 0.15) is 39.5 Å². The molecular formula is C10H22O2. The number of hydrogen-bond donors (Lipinski definition) is 1. The quantitative estimate of drug-likeness (QED) is 0.641. The van der Waals surface area contributed by atoms with Gasteiger partial charge < -0.3 is 9.84 Å². The summed E-state index contributed by atoms with van der Waals surface area (Å²) < 4.78 is 5.23. The van der Waals surface area contributed by atoms with Gasteiger partial charge in [0.2, 0.25) is 0 Å². The van der Waals surface area contributed by atoms with Crippen LogP contribution >= 0.6 is 0 Å². The van der Waals surface area contributed by atoms with Crippen molar-refractivity contribution in [3.05, 3.63) is 0 Å². The second-order valence-corrected chi connectivity index (χ2v) is 3.46. The average Bonchev–Trinajstić information content (AvgIpc) is 2.11. The minimum atomic E-state index is 0.235. The van der Waals surface area contributed by atoms with Crippen LogP contribution in [0.4, 0.5) is 0 Å². The minimum absolute atomic E-state index is 0.235. The first-order valence-corrected chi connectivity index (χ1v) is 4.88. The maximum absolute atomic E-state index is 8.71. The molecule has 0 amide bonds. The van der Waals surface area contributed by atoms with Crippen LogP contribution in [-0.4, -0.2) is 24.9 Å². The summed E-state index contributed by atoms with van der Waals surface area (Å²) in [5, 5.41) is 8.71. The Hall–Kier alpha value is -0.0800. The Bertz CT molecular complexity index is 93.8. The zero-order valence-corrected chi connectivity index (χ0v) is 8.55. The van der Waals surface area contributed by atoms with Crippen molar-refractivity contribution in [3.8, 4) is 0 Å². The molecule has 12 heavy (non-hydrogen) atoms. The summed E-state index contributed by atoms with van der Waals surface area (Å²) in [6.45, 7) is 4.70. The molecule has 0 saturated carbocycles. The lowest BCUT2D eigenvalue weighted by Crippen LogP contribution is -2.13. The number of aliphatic hydroxyl groups is 1. The lowest BCUT2D eigenvalue weighted by atomic mass is 9.99. The predicted molar refractivity (Wildman–Crippen MR) is 51.2 cm³/mol. The smallest absolute Gasteiger partial charge is 0.0593 e. The monoisotopic (exact) mass is 174 g/mol. The molecule has 2 unspecified atom stereocenters. The van der Waals surface area contributed by atoms with Crippen LogP contribution in [0.3, 0.4) is 0 Å². The van der Waals surface area contributed by atoms with Crippen molar-refractivity contribution in [2.75, 3.05) is 13.7 Å². The number of aliphatic hydroxyl groups excluding tert-OH is 1. The first kappa shape index (κ1) is 11.9. The van der Waals surface area contributed by atoms with Crippen molar-refractivity contribution in [1.82, 2.24) is 0 Å². The van der Waals surface area contributed by atoms with E-state index in [1.54, 1.807) is 7.11 Å². The molecule has 0 aliphatic heterocycles. The predicted octanol–water partition coefficient (Wildman–Crippen LogP) is 2.21. The van der Waals surface area contributed by atoms with E-state index in [1.165, 1.54) is 12.8 Å². The van der Waals surface area contributed by atoms with Gasteiger partial charge in [-0.2, -0.15) is 0 Å². The van der Waals surface area contributed by atoms with E-state index >= 15 is 0 Å². The standard InChI is InChI=1S/C10H22O2/c1-4-9(2)5-6-10(12-3)7-8-11/h9-11H,4-8H2,1-3H3. The van der Waals surface area contributed by atoms with E-state index < -0.39 is 0 Å². The van der Waals surface area contributed by atoms with E-state index in [9.17, 15) is 0 Å². The first-order chi connectivity index (χ1) is 5.74. The van der Waals surface area contributed by atoms with E-state index in [2.05, 4.69) is 13.8 Å². The molecule has 1 N–H and O–H groups in total. The van der Waals surface area contributed by atoms with Crippen LogP contribution in [0.2, 0.25) is 0 Å². The topological polar surface area (TPSA) is 29.5 Å². The molecule has 2 atom stereocenters. The van der Waals surface area contributed by atoms with Crippen molar-refractivity contribution in [2.45, 2.75) is 45.6 Å². The summed E-state index contributed by atoms with van der Waals surface area (Å²) in [5.41, 5.74) is 0. The Morgan fingerprint density at radius 1 is 1.25 bits per heavy atom. The molecule has 74 valence electrons. The third kappa shape index (κ3) is 5.56. The van der Waals surface area contributed by atoms with Crippen LogP contribution in [0.5, 0.6) is 0 Å². The van der Waals surface area contributed by atoms with E-state index in [-0.39, 0.29) is 12.7 Å². The average molecular weight is 174 g/mol. The van der Waals surface area contributed by atoms with Crippen LogP contribution < -0.4 is 0 Å². The number of rotatable bonds is 7. The van der Waals surface area contributed by atoms with E-state index in [0.717, 1.165) is 18.8 Å². The van der Waals surface area contributed by atoms with Gasteiger partial charge in [0.15, 0.2) is 0 Å². The summed E-state index contributed by atoms with van der Waals surface area (Å²) in [6, 6.07) is 0. The molecule has 0 heterocycles. The molecular weight excluding hydrogens is 152 g/mol. The zero-order chi connectivity index (χ0) is 9.40. The highest BCUT2D eigenvalue weighted by Gasteiger charge is 2.08. The fraction of sp³-hybridized carbons (Fsp3) is 1.00. The number of ether oxygens (including phenoxy) is 1. The molecule has 0 spiro atoms. The molecule has 0 fully saturated rings. The Balaban J connectivity index is 3.43. The highest BCUT2D eigenvalue weighted by molar-refractivity contribution is 4.59. The maximum Gasteiger partial charge on any atom is 0.0593 e. The van der Waals surface area contributed by atoms with Crippen LogP contribution in [-0.2, 0) is 4.74 Å². The Morgan fingerprint density at radius 2 is 1.92 bits per heavy atom. The van der Waals surface area contributed by atoms with E-state index in [4.69, 9.17) is 9.84 Å². The van der Waals surface area contributed by atoms with Gasteiger partial charge in [0.05, 0.1) is 6.10 Å². The SMILES string of the molecule is CCC(C)CCC(CCO)OC. The van der Waals surface area contributed by atoms with Gasteiger partial charge in [0.1, 0.15) is 0 Å². The lowest BCUT2D eigenvalue weighted by Gasteiger charge is -2.15. The molecule has 2 heteroatoms. The third-order valence-corrected chi connectivity index (χ3v) is 2.46. The summed E-state index contributed by atoms with van der Waals surface area (Å²) in [4.78, 5) is 0. The fourth-order valence-corrected chi connectivity index (χ4v) is 1.20. The second-order valence-electron chi connectivity index (χ2n) is 3.46. The molecule has 0 aliphatic carbocycles. The van der Waals surface area contributed by atoms with Crippen LogP contribution in [0.15, 0.2) is 0 Å². The van der Waals surface area contributed by atoms with E-state index in [0.29, 0.717) is 0 Å². The molecule has 0 saturated heterocycles. The van der Waals surface area contributed by atoms with Gasteiger partial charge in [-0.3, -0.25) is 0 Å². The van der Waals surface area contributed by atoms with Gasteiger partial charge in [-0.1, -0.05) is 20.3 Å². The molecule has 0 bridgehead atoms. The Morgan fingerprint density at radius 3 is 2.33 bits per heavy atom. The maximum atomic E-state index is 8.71. The van der Waals surface area contributed by atoms with Gasteiger partial charge >= 0.3 is 0 Å². The lowest BCUT2D eigenvalue weighted by molar-refractivity contribution is 0.0663. The summed E-state index contributed by atoms with van der Waals surface area (Å²) >= 11 is 0. The summed E-state index contributed by atoms with van der Waals surface area (Å²) in [7, 11) is 1.72. The van der Waals surface area contributed by atoms with Gasteiger partial charge in [-0.05, 0) is 25.2 Å². The van der Waals surface area contributed by atoms with Crippen molar-refractivity contribution in [2.24, 2.45) is 5.92 Å². The van der Waals surface area contributed by atoms with Gasteiger partial charge in [-0.25, -0.2) is 0 Å². The molecule has 0 aromatic heterocycles. The van der Waals surface area contributed by atoms with Crippen LogP contribution in [0, 0.1) is 5.92 Å². The number of hydrogen-bond acceptors (Lipinski definition) is 2. The molecule has 0 aromatic carbocycles. The third-order valence-electron chi connectivity index (χ3n) is 2.46. The molecule has 0 aliphatic rings. The van der Waals surface area contributed by atoms with Crippen molar-refractivity contribution in [1.29, 1.82) is 0 Å². The molecule has 0 radical (unpaired) electrons. The normalized spacial score (nSPS) is 16.0. The summed E-state index contributed by atoms with van der Waals surface area (Å²) in [6.07, 6.45) is 4.54. The first-order valence-electron chi connectivity index (χ1n) is 4.88. The molecule has 2 nitrogen and oxygen atoms in total.